The van der Waals surface area contributed by atoms with Crippen LogP contribution in [0.4, 0.5) is 0 Å². The Bertz CT molecular complexity index is 774. The SMILES string of the molecule is COC1CC(CC(=O)O)N(C(=O)c2cc(-c3ccc(Cl)cc3)on2)C1. The molecule has 1 amide bonds. The molecule has 1 saturated heterocycles. The third kappa shape index (κ3) is 3.83. The van der Waals surface area contributed by atoms with E-state index in [0.717, 1.165) is 5.56 Å². The van der Waals surface area contributed by atoms with Crippen molar-refractivity contribution >= 4 is 23.5 Å². The third-order valence-electron chi connectivity index (χ3n) is 4.24. The third-order valence-corrected chi connectivity index (χ3v) is 4.49. The molecule has 25 heavy (non-hydrogen) atoms. The van der Waals surface area contributed by atoms with Gasteiger partial charge in [-0.15, -0.1) is 0 Å². The number of halogens is 1. The number of rotatable bonds is 5. The predicted molar refractivity (Wildman–Crippen MR) is 89.4 cm³/mol. The molecule has 132 valence electrons. The van der Waals surface area contributed by atoms with E-state index in [0.29, 0.717) is 23.7 Å². The van der Waals surface area contributed by atoms with Crippen molar-refractivity contribution in [3.05, 3.63) is 41.0 Å². The zero-order chi connectivity index (χ0) is 18.0. The molecule has 1 N–H and O–H groups in total. The molecule has 1 aromatic heterocycles. The molecule has 2 atom stereocenters. The lowest BCUT2D eigenvalue weighted by Gasteiger charge is -2.21. The Morgan fingerprint density at radius 3 is 2.76 bits per heavy atom. The number of nitrogens with zero attached hydrogens (tertiary/aromatic N) is 2. The van der Waals surface area contributed by atoms with Crippen LogP contribution >= 0.6 is 11.6 Å². The Morgan fingerprint density at radius 1 is 1.40 bits per heavy atom. The maximum Gasteiger partial charge on any atom is 0.305 e. The molecule has 3 rings (SSSR count). The molecule has 8 heteroatoms. The lowest BCUT2D eigenvalue weighted by Crippen LogP contribution is -2.37. The molecule has 0 spiro atoms. The van der Waals surface area contributed by atoms with Gasteiger partial charge in [-0.05, 0) is 30.7 Å². The summed E-state index contributed by atoms with van der Waals surface area (Å²) in [5.41, 5.74) is 0.881. The molecule has 1 aliphatic heterocycles. The number of carbonyl (C=O) groups is 2. The van der Waals surface area contributed by atoms with Crippen molar-refractivity contribution in [1.29, 1.82) is 0 Å². The molecule has 1 aromatic carbocycles. The second-order valence-corrected chi connectivity index (χ2v) is 6.32. The standard InChI is InChI=1S/C17H17ClN2O5/c1-24-13-6-12(7-16(21)22)20(9-13)17(23)14-8-15(25-19-14)10-2-4-11(18)5-3-10/h2-5,8,12-13H,6-7,9H2,1H3,(H,21,22). The Morgan fingerprint density at radius 2 is 2.12 bits per heavy atom. The van der Waals surface area contributed by atoms with Gasteiger partial charge in [-0.3, -0.25) is 9.59 Å². The van der Waals surface area contributed by atoms with E-state index in [2.05, 4.69) is 5.16 Å². The Balaban J connectivity index is 1.80. The highest BCUT2D eigenvalue weighted by Crippen LogP contribution is 2.27. The summed E-state index contributed by atoms with van der Waals surface area (Å²) in [7, 11) is 1.55. The van der Waals surface area contributed by atoms with E-state index >= 15 is 0 Å². The van der Waals surface area contributed by atoms with E-state index in [1.807, 2.05) is 0 Å². The van der Waals surface area contributed by atoms with Gasteiger partial charge in [-0.1, -0.05) is 16.8 Å². The van der Waals surface area contributed by atoms with Crippen LogP contribution in [0.25, 0.3) is 11.3 Å². The highest BCUT2D eigenvalue weighted by Gasteiger charge is 2.38. The van der Waals surface area contributed by atoms with E-state index < -0.39 is 12.0 Å². The number of likely N-dealkylation sites (tertiary alicyclic amines) is 1. The van der Waals surface area contributed by atoms with E-state index in [1.54, 1.807) is 37.4 Å². The Hall–Kier alpha value is -2.38. The second-order valence-electron chi connectivity index (χ2n) is 5.89. The molecule has 0 radical (unpaired) electrons. The van der Waals surface area contributed by atoms with Gasteiger partial charge in [0.2, 0.25) is 0 Å². The first-order chi connectivity index (χ1) is 12.0. The van der Waals surface area contributed by atoms with Gasteiger partial charge in [0.1, 0.15) is 0 Å². The van der Waals surface area contributed by atoms with Crippen molar-refractivity contribution in [2.24, 2.45) is 0 Å². The molecule has 1 aliphatic rings. The average Bonchev–Trinajstić information content (AvgIpc) is 3.21. The fourth-order valence-corrected chi connectivity index (χ4v) is 3.09. The number of ether oxygens (including phenoxy) is 1. The first-order valence-corrected chi connectivity index (χ1v) is 8.14. The van der Waals surface area contributed by atoms with E-state index in [1.165, 1.54) is 4.90 Å². The molecule has 7 nitrogen and oxygen atoms in total. The number of aliphatic carboxylic acids is 1. The summed E-state index contributed by atoms with van der Waals surface area (Å²) in [6.45, 7) is 0.330. The molecule has 0 saturated carbocycles. The number of aromatic nitrogens is 1. The number of carboxylic acid groups (broad SMARTS) is 1. The van der Waals surface area contributed by atoms with Crippen molar-refractivity contribution in [2.75, 3.05) is 13.7 Å². The molecule has 2 unspecified atom stereocenters. The van der Waals surface area contributed by atoms with Crippen LogP contribution in [-0.2, 0) is 9.53 Å². The van der Waals surface area contributed by atoms with Crippen LogP contribution in [0.5, 0.6) is 0 Å². The first-order valence-electron chi connectivity index (χ1n) is 7.76. The molecule has 1 fully saturated rings. The molecule has 0 bridgehead atoms. The number of carbonyl (C=O) groups excluding carboxylic acids is 1. The molecule has 2 heterocycles. The number of benzene rings is 1. The number of hydrogen-bond acceptors (Lipinski definition) is 5. The maximum absolute atomic E-state index is 12.7. The van der Waals surface area contributed by atoms with Gasteiger partial charge >= 0.3 is 5.97 Å². The van der Waals surface area contributed by atoms with Crippen molar-refractivity contribution < 1.29 is 24.0 Å². The van der Waals surface area contributed by atoms with Crippen LogP contribution in [0.2, 0.25) is 5.02 Å². The fraction of sp³-hybridized carbons (Fsp3) is 0.353. The van der Waals surface area contributed by atoms with Gasteiger partial charge in [0, 0.05) is 36.3 Å². The van der Waals surface area contributed by atoms with Gasteiger partial charge < -0.3 is 19.3 Å². The minimum atomic E-state index is -0.957. The number of hydrogen-bond donors (Lipinski definition) is 1. The smallest absolute Gasteiger partial charge is 0.305 e. The summed E-state index contributed by atoms with van der Waals surface area (Å²) in [5.74, 6) is -0.881. The highest BCUT2D eigenvalue weighted by atomic mass is 35.5. The van der Waals surface area contributed by atoms with Crippen LogP contribution in [0.3, 0.4) is 0 Å². The predicted octanol–water partition coefficient (Wildman–Crippen LogP) is 2.70. The Labute approximate surface area is 149 Å². The zero-order valence-electron chi connectivity index (χ0n) is 13.5. The molecular formula is C17H17ClN2O5. The molecule has 0 aliphatic carbocycles. The summed E-state index contributed by atoms with van der Waals surface area (Å²) in [4.78, 5) is 25.3. The lowest BCUT2D eigenvalue weighted by molar-refractivity contribution is -0.138. The lowest BCUT2D eigenvalue weighted by atomic mass is 10.1. The summed E-state index contributed by atoms with van der Waals surface area (Å²) >= 11 is 5.86. The van der Waals surface area contributed by atoms with Crippen LogP contribution in [0.15, 0.2) is 34.9 Å². The zero-order valence-corrected chi connectivity index (χ0v) is 14.3. The summed E-state index contributed by atoms with van der Waals surface area (Å²) in [5, 5.41) is 13.5. The molecular weight excluding hydrogens is 348 g/mol. The topological polar surface area (TPSA) is 92.9 Å². The van der Waals surface area contributed by atoms with Gasteiger partial charge in [-0.25, -0.2) is 0 Å². The van der Waals surface area contributed by atoms with Crippen molar-refractivity contribution in [2.45, 2.75) is 25.0 Å². The van der Waals surface area contributed by atoms with Gasteiger partial charge in [0.15, 0.2) is 11.5 Å². The highest BCUT2D eigenvalue weighted by molar-refractivity contribution is 6.30. The minimum absolute atomic E-state index is 0.131. The minimum Gasteiger partial charge on any atom is -0.481 e. The monoisotopic (exact) mass is 364 g/mol. The van der Waals surface area contributed by atoms with E-state index in [-0.39, 0.29) is 24.1 Å². The van der Waals surface area contributed by atoms with Crippen LogP contribution < -0.4 is 0 Å². The van der Waals surface area contributed by atoms with Gasteiger partial charge in [0.25, 0.3) is 5.91 Å². The Kier molecular flexibility index (Phi) is 5.06. The van der Waals surface area contributed by atoms with Gasteiger partial charge in [0.05, 0.1) is 12.5 Å². The van der Waals surface area contributed by atoms with Crippen molar-refractivity contribution in [3.63, 3.8) is 0 Å². The second kappa shape index (κ2) is 7.25. The van der Waals surface area contributed by atoms with E-state index in [9.17, 15) is 9.59 Å². The fourth-order valence-electron chi connectivity index (χ4n) is 2.96. The number of amides is 1. The molecule has 2 aromatic rings. The van der Waals surface area contributed by atoms with Gasteiger partial charge in [-0.2, -0.15) is 0 Å². The normalized spacial score (nSPS) is 20.0. The number of carboxylic acids is 1. The van der Waals surface area contributed by atoms with Crippen LogP contribution in [0.1, 0.15) is 23.3 Å². The summed E-state index contributed by atoms with van der Waals surface area (Å²) in [6.07, 6.45) is 0.167. The van der Waals surface area contributed by atoms with E-state index in [4.69, 9.17) is 26.0 Å². The summed E-state index contributed by atoms with van der Waals surface area (Å²) < 4.78 is 10.5. The van der Waals surface area contributed by atoms with Crippen LogP contribution in [-0.4, -0.2) is 52.8 Å². The first kappa shape index (κ1) is 17.4. The maximum atomic E-state index is 12.7. The largest absolute Gasteiger partial charge is 0.481 e. The van der Waals surface area contributed by atoms with Crippen molar-refractivity contribution in [3.8, 4) is 11.3 Å². The quantitative estimate of drug-likeness (QED) is 0.876. The van der Waals surface area contributed by atoms with Crippen molar-refractivity contribution in [1.82, 2.24) is 10.1 Å². The summed E-state index contributed by atoms with van der Waals surface area (Å²) in [6, 6.07) is 8.08. The van der Waals surface area contributed by atoms with Crippen LogP contribution in [0, 0.1) is 0 Å². The number of methoxy groups -OCH3 is 1. The average molecular weight is 365 g/mol.